The van der Waals surface area contributed by atoms with Gasteiger partial charge in [0, 0.05) is 16.6 Å². The van der Waals surface area contributed by atoms with Crippen molar-refractivity contribution < 1.29 is 0 Å². The predicted molar refractivity (Wildman–Crippen MR) is 99.6 cm³/mol. The number of anilines is 1. The molecule has 0 saturated heterocycles. The summed E-state index contributed by atoms with van der Waals surface area (Å²) < 4.78 is 0. The molecule has 0 saturated carbocycles. The van der Waals surface area contributed by atoms with E-state index in [1.165, 1.54) is 5.56 Å². The van der Waals surface area contributed by atoms with Crippen molar-refractivity contribution in [3.63, 3.8) is 0 Å². The molecule has 114 valence electrons. The van der Waals surface area contributed by atoms with Crippen molar-refractivity contribution in [2.45, 2.75) is 5.92 Å². The Bertz CT molecular complexity index is 795. The van der Waals surface area contributed by atoms with Crippen LogP contribution in [-0.4, -0.2) is 0 Å². The highest BCUT2D eigenvalue weighted by atomic mass is 35.5. The number of rotatable bonds is 4. The lowest BCUT2D eigenvalue weighted by molar-refractivity contribution is 1.04. The summed E-state index contributed by atoms with van der Waals surface area (Å²) in [5.74, 6) is 0.0649. The fourth-order valence-electron chi connectivity index (χ4n) is 2.64. The minimum atomic E-state index is 0.0649. The number of nitrogen functional groups attached to an aromatic ring is 1. The molecular weight excluding hydrogens is 302 g/mol. The van der Waals surface area contributed by atoms with Crippen LogP contribution in [0.5, 0.6) is 0 Å². The highest BCUT2D eigenvalue weighted by molar-refractivity contribution is 6.30. The molecule has 0 spiro atoms. The van der Waals surface area contributed by atoms with Crippen LogP contribution in [0, 0.1) is 0 Å². The molecule has 0 heterocycles. The highest BCUT2D eigenvalue weighted by Crippen LogP contribution is 2.32. The third-order valence-electron chi connectivity index (χ3n) is 3.82. The maximum Gasteiger partial charge on any atom is 0.0410 e. The molecule has 1 atom stereocenters. The molecule has 3 aromatic carbocycles. The number of hydrogen-bond acceptors (Lipinski definition) is 1. The Balaban J connectivity index is 2.04. The lowest BCUT2D eigenvalue weighted by Gasteiger charge is -2.17. The smallest absolute Gasteiger partial charge is 0.0410 e. The Kier molecular flexibility index (Phi) is 4.80. The SMILES string of the molecule is Nc1ccc(Cl)cc1C(/C=C/c1ccccc1)c1ccccc1. The Labute approximate surface area is 142 Å². The van der Waals surface area contributed by atoms with Gasteiger partial charge in [0.05, 0.1) is 0 Å². The molecule has 1 unspecified atom stereocenters. The largest absolute Gasteiger partial charge is 0.398 e. The zero-order valence-corrected chi connectivity index (χ0v) is 13.4. The molecule has 23 heavy (non-hydrogen) atoms. The third kappa shape index (κ3) is 3.82. The summed E-state index contributed by atoms with van der Waals surface area (Å²) >= 11 is 6.19. The Hall–Kier alpha value is -2.51. The summed E-state index contributed by atoms with van der Waals surface area (Å²) in [5, 5.41) is 0.697. The van der Waals surface area contributed by atoms with Gasteiger partial charge in [-0.05, 0) is 34.9 Å². The second kappa shape index (κ2) is 7.17. The van der Waals surface area contributed by atoms with Gasteiger partial charge in [0.15, 0.2) is 0 Å². The number of nitrogens with two attached hydrogens (primary N) is 1. The molecule has 0 amide bonds. The number of halogens is 1. The van der Waals surface area contributed by atoms with Crippen molar-refractivity contribution in [1.82, 2.24) is 0 Å². The molecule has 0 aromatic heterocycles. The number of allylic oxidation sites excluding steroid dienone is 1. The first-order valence-corrected chi connectivity index (χ1v) is 7.95. The monoisotopic (exact) mass is 319 g/mol. The average Bonchev–Trinajstić information content (AvgIpc) is 2.60. The third-order valence-corrected chi connectivity index (χ3v) is 4.06. The van der Waals surface area contributed by atoms with Crippen molar-refractivity contribution in [2.24, 2.45) is 0 Å². The summed E-state index contributed by atoms with van der Waals surface area (Å²) in [7, 11) is 0. The first kappa shape index (κ1) is 15.4. The van der Waals surface area contributed by atoms with Gasteiger partial charge in [0.25, 0.3) is 0 Å². The molecule has 3 aromatic rings. The number of hydrogen-bond donors (Lipinski definition) is 1. The normalized spacial score (nSPS) is 12.4. The highest BCUT2D eigenvalue weighted by Gasteiger charge is 2.14. The van der Waals surface area contributed by atoms with Crippen molar-refractivity contribution in [3.05, 3.63) is 107 Å². The van der Waals surface area contributed by atoms with E-state index in [0.29, 0.717) is 5.02 Å². The second-order valence-corrected chi connectivity index (χ2v) is 5.87. The Morgan fingerprint density at radius 1 is 0.826 bits per heavy atom. The van der Waals surface area contributed by atoms with Crippen LogP contribution >= 0.6 is 11.6 Å². The zero-order valence-electron chi connectivity index (χ0n) is 12.7. The van der Waals surface area contributed by atoms with Gasteiger partial charge in [-0.25, -0.2) is 0 Å². The van der Waals surface area contributed by atoms with E-state index in [0.717, 1.165) is 16.8 Å². The van der Waals surface area contributed by atoms with Crippen LogP contribution in [0.1, 0.15) is 22.6 Å². The minimum absolute atomic E-state index is 0.0649. The van der Waals surface area contributed by atoms with Gasteiger partial charge in [0.2, 0.25) is 0 Å². The van der Waals surface area contributed by atoms with E-state index in [2.05, 4.69) is 36.4 Å². The summed E-state index contributed by atoms with van der Waals surface area (Å²) in [6, 6.07) is 26.2. The van der Waals surface area contributed by atoms with Crippen molar-refractivity contribution in [2.75, 3.05) is 5.73 Å². The quantitative estimate of drug-likeness (QED) is 0.607. The molecular formula is C21H18ClN. The fraction of sp³-hybridized carbons (Fsp3) is 0.0476. The topological polar surface area (TPSA) is 26.0 Å². The van der Waals surface area contributed by atoms with Gasteiger partial charge in [-0.2, -0.15) is 0 Å². The van der Waals surface area contributed by atoms with E-state index >= 15 is 0 Å². The zero-order chi connectivity index (χ0) is 16.1. The van der Waals surface area contributed by atoms with E-state index in [-0.39, 0.29) is 5.92 Å². The molecule has 0 bridgehead atoms. The summed E-state index contributed by atoms with van der Waals surface area (Å²) in [6.07, 6.45) is 4.30. The predicted octanol–water partition coefficient (Wildman–Crippen LogP) is 5.77. The molecule has 3 rings (SSSR count). The van der Waals surface area contributed by atoms with E-state index < -0.39 is 0 Å². The van der Waals surface area contributed by atoms with Gasteiger partial charge in [-0.3, -0.25) is 0 Å². The van der Waals surface area contributed by atoms with E-state index in [9.17, 15) is 0 Å². The van der Waals surface area contributed by atoms with Gasteiger partial charge in [-0.1, -0.05) is 84.4 Å². The molecule has 0 aliphatic rings. The number of benzene rings is 3. The standard InChI is InChI=1S/C21H18ClN/c22-18-12-14-21(23)20(15-18)19(17-9-5-2-6-10-17)13-11-16-7-3-1-4-8-16/h1-15,19H,23H2/b13-11+. The molecule has 0 aliphatic heterocycles. The van der Waals surface area contributed by atoms with Crippen LogP contribution in [0.3, 0.4) is 0 Å². The minimum Gasteiger partial charge on any atom is -0.398 e. The Morgan fingerprint density at radius 3 is 2.17 bits per heavy atom. The fourth-order valence-corrected chi connectivity index (χ4v) is 2.82. The van der Waals surface area contributed by atoms with E-state index in [4.69, 9.17) is 17.3 Å². The lowest BCUT2D eigenvalue weighted by Crippen LogP contribution is -2.02. The van der Waals surface area contributed by atoms with Gasteiger partial charge in [-0.15, -0.1) is 0 Å². The summed E-state index contributed by atoms with van der Waals surface area (Å²) in [4.78, 5) is 0. The van der Waals surface area contributed by atoms with Gasteiger partial charge in [0.1, 0.15) is 0 Å². The van der Waals surface area contributed by atoms with Crippen LogP contribution in [0.25, 0.3) is 6.08 Å². The van der Waals surface area contributed by atoms with Crippen molar-refractivity contribution in [3.8, 4) is 0 Å². The van der Waals surface area contributed by atoms with E-state index in [1.54, 1.807) is 0 Å². The molecule has 0 radical (unpaired) electrons. The second-order valence-electron chi connectivity index (χ2n) is 5.43. The molecule has 2 heteroatoms. The van der Waals surface area contributed by atoms with Gasteiger partial charge < -0.3 is 5.73 Å². The Morgan fingerprint density at radius 2 is 1.48 bits per heavy atom. The van der Waals surface area contributed by atoms with Crippen molar-refractivity contribution >= 4 is 23.4 Å². The maximum atomic E-state index is 6.20. The first-order valence-electron chi connectivity index (χ1n) is 7.57. The van der Waals surface area contributed by atoms with Crippen LogP contribution < -0.4 is 5.73 Å². The average molecular weight is 320 g/mol. The lowest BCUT2D eigenvalue weighted by atomic mass is 9.89. The maximum absolute atomic E-state index is 6.20. The van der Waals surface area contributed by atoms with Crippen LogP contribution in [0.15, 0.2) is 84.9 Å². The molecule has 0 aliphatic carbocycles. The molecule has 0 fully saturated rings. The molecule has 2 N–H and O–H groups in total. The summed E-state index contributed by atoms with van der Waals surface area (Å²) in [5.41, 5.74) is 10.3. The van der Waals surface area contributed by atoms with Crippen LogP contribution in [0.4, 0.5) is 5.69 Å². The van der Waals surface area contributed by atoms with Gasteiger partial charge >= 0.3 is 0 Å². The van der Waals surface area contributed by atoms with Crippen LogP contribution in [-0.2, 0) is 0 Å². The first-order chi connectivity index (χ1) is 11.2. The molecule has 1 nitrogen and oxygen atoms in total. The van der Waals surface area contributed by atoms with E-state index in [1.807, 2.05) is 54.6 Å². The van der Waals surface area contributed by atoms with Crippen molar-refractivity contribution in [1.29, 1.82) is 0 Å². The summed E-state index contributed by atoms with van der Waals surface area (Å²) in [6.45, 7) is 0. The van der Waals surface area contributed by atoms with Crippen LogP contribution in [0.2, 0.25) is 5.02 Å².